The molecule has 0 bridgehead atoms. The van der Waals surface area contributed by atoms with Gasteiger partial charge in [-0.15, -0.1) is 0 Å². The third-order valence-electron chi connectivity index (χ3n) is 4.11. The largest absolute Gasteiger partial charge is 0.504 e. The van der Waals surface area contributed by atoms with Crippen molar-refractivity contribution in [1.29, 1.82) is 0 Å². The second kappa shape index (κ2) is 6.33. The van der Waals surface area contributed by atoms with E-state index in [1.54, 1.807) is 22.7 Å². The molecule has 0 atom stereocenters. The highest BCUT2D eigenvalue weighted by Crippen LogP contribution is 2.30. The fourth-order valence-electron chi connectivity index (χ4n) is 2.81. The van der Waals surface area contributed by atoms with Gasteiger partial charge in [0.2, 0.25) is 5.78 Å². The van der Waals surface area contributed by atoms with E-state index < -0.39 is 0 Å². The second-order valence-electron chi connectivity index (χ2n) is 5.85. The number of Topliss-reactive ketones (excluding diaryl/α,β-unsaturated/α-hetero) is 1. The molecule has 0 saturated heterocycles. The molecule has 1 N–H and O–H groups in total. The number of anilines is 1. The van der Waals surface area contributed by atoms with Gasteiger partial charge in [0.25, 0.3) is 0 Å². The van der Waals surface area contributed by atoms with Crippen LogP contribution in [0.1, 0.15) is 11.4 Å². The van der Waals surface area contributed by atoms with Gasteiger partial charge in [0.15, 0.2) is 5.75 Å². The SMILES string of the molecule is Cc1nn(-c2ccccc2)c(C=C2C(=O)C=NN2c2ccccc2)c1O. The molecular weight excluding hydrogens is 328 g/mol. The number of aromatic hydroxyl groups is 1. The molecular formula is C20H16N4O2. The van der Waals surface area contributed by atoms with E-state index >= 15 is 0 Å². The van der Waals surface area contributed by atoms with Crippen LogP contribution in [0.15, 0.2) is 71.5 Å². The smallest absolute Gasteiger partial charge is 0.224 e. The van der Waals surface area contributed by atoms with Gasteiger partial charge in [-0.05, 0) is 37.3 Å². The quantitative estimate of drug-likeness (QED) is 0.740. The molecule has 3 aromatic rings. The number of carbonyl (C=O) groups is 1. The Morgan fingerprint density at radius 2 is 1.58 bits per heavy atom. The molecule has 0 spiro atoms. The Morgan fingerprint density at radius 3 is 2.23 bits per heavy atom. The van der Waals surface area contributed by atoms with Gasteiger partial charge < -0.3 is 5.11 Å². The summed E-state index contributed by atoms with van der Waals surface area (Å²) in [6.45, 7) is 1.72. The molecule has 4 rings (SSSR count). The highest BCUT2D eigenvalue weighted by atomic mass is 16.3. The monoisotopic (exact) mass is 344 g/mol. The summed E-state index contributed by atoms with van der Waals surface area (Å²) in [6.07, 6.45) is 2.89. The minimum Gasteiger partial charge on any atom is -0.504 e. The van der Waals surface area contributed by atoms with E-state index in [0.717, 1.165) is 11.4 Å². The normalized spacial score (nSPS) is 15.2. The van der Waals surface area contributed by atoms with Crippen LogP contribution < -0.4 is 5.01 Å². The minimum absolute atomic E-state index is 0.0362. The summed E-state index contributed by atoms with van der Waals surface area (Å²) in [5.74, 6) is -0.194. The van der Waals surface area contributed by atoms with Crippen LogP contribution in [0.25, 0.3) is 11.8 Å². The molecule has 6 nitrogen and oxygen atoms in total. The Kier molecular flexibility index (Phi) is 3.85. The van der Waals surface area contributed by atoms with Gasteiger partial charge in [0.05, 0.1) is 17.6 Å². The lowest BCUT2D eigenvalue weighted by Gasteiger charge is -2.15. The number of hydrazone groups is 1. The molecule has 2 heterocycles. The molecule has 128 valence electrons. The summed E-state index contributed by atoms with van der Waals surface area (Å²) in [4.78, 5) is 12.4. The number of benzene rings is 2. The van der Waals surface area contributed by atoms with Gasteiger partial charge in [0, 0.05) is 0 Å². The summed E-state index contributed by atoms with van der Waals surface area (Å²) in [5, 5.41) is 20.6. The van der Waals surface area contributed by atoms with E-state index in [1.807, 2.05) is 60.7 Å². The molecule has 6 heteroatoms. The molecule has 26 heavy (non-hydrogen) atoms. The number of ketones is 1. The van der Waals surface area contributed by atoms with E-state index in [9.17, 15) is 9.90 Å². The van der Waals surface area contributed by atoms with Crippen molar-refractivity contribution in [2.24, 2.45) is 5.10 Å². The standard InChI is InChI=1S/C20H16N4O2/c1-14-20(26)18(24(22-14)16-10-6-3-7-11-16)12-17-19(25)13-21-23(17)15-8-4-2-5-9-15/h2-13,26H,1H3. The lowest BCUT2D eigenvalue weighted by atomic mass is 10.2. The summed E-state index contributed by atoms with van der Waals surface area (Å²) in [6, 6.07) is 18.8. The molecule has 0 fully saturated rings. The van der Waals surface area contributed by atoms with Crippen molar-refractivity contribution in [3.63, 3.8) is 0 Å². The number of hydrogen-bond donors (Lipinski definition) is 1. The molecule has 0 saturated carbocycles. The lowest BCUT2D eigenvalue weighted by Crippen LogP contribution is -2.15. The molecule has 0 radical (unpaired) electrons. The Balaban J connectivity index is 1.84. The number of hydrogen-bond acceptors (Lipinski definition) is 5. The zero-order chi connectivity index (χ0) is 18.1. The first-order valence-electron chi connectivity index (χ1n) is 8.14. The fraction of sp³-hybridized carbons (Fsp3) is 0.0500. The minimum atomic E-state index is -0.230. The van der Waals surface area contributed by atoms with E-state index in [4.69, 9.17) is 0 Å². The Labute approximate surface area is 150 Å². The zero-order valence-electron chi connectivity index (χ0n) is 14.1. The first-order chi connectivity index (χ1) is 12.6. The van der Waals surface area contributed by atoms with Crippen molar-refractivity contribution in [3.05, 3.63) is 77.7 Å². The molecule has 1 aromatic heterocycles. The molecule has 1 aliphatic rings. The van der Waals surface area contributed by atoms with Gasteiger partial charge in [-0.1, -0.05) is 36.4 Å². The molecule has 2 aromatic carbocycles. The first-order valence-corrected chi connectivity index (χ1v) is 8.14. The van der Waals surface area contributed by atoms with Gasteiger partial charge in [0.1, 0.15) is 17.1 Å². The molecule has 1 aliphatic heterocycles. The number of aromatic nitrogens is 2. The van der Waals surface area contributed by atoms with E-state index in [2.05, 4.69) is 10.2 Å². The maximum atomic E-state index is 12.4. The zero-order valence-corrected chi connectivity index (χ0v) is 14.1. The predicted octanol–water partition coefficient (Wildman–Crippen LogP) is 3.30. The van der Waals surface area contributed by atoms with Crippen LogP contribution in [-0.2, 0) is 4.79 Å². The second-order valence-corrected chi connectivity index (χ2v) is 5.85. The Hall–Kier alpha value is -3.67. The van der Waals surface area contributed by atoms with Crippen LogP contribution in [-0.4, -0.2) is 26.9 Å². The number of allylic oxidation sites excluding steroid dienone is 1. The van der Waals surface area contributed by atoms with Crippen molar-refractivity contribution in [3.8, 4) is 11.4 Å². The van der Waals surface area contributed by atoms with E-state index in [1.165, 1.54) is 6.21 Å². The predicted molar refractivity (Wildman–Crippen MR) is 100 cm³/mol. The van der Waals surface area contributed by atoms with Crippen LogP contribution in [0.4, 0.5) is 5.69 Å². The summed E-state index contributed by atoms with van der Waals surface area (Å²) < 4.78 is 1.62. The van der Waals surface area contributed by atoms with Gasteiger partial charge in [-0.2, -0.15) is 10.2 Å². The number of para-hydroxylation sites is 2. The van der Waals surface area contributed by atoms with Crippen molar-refractivity contribution in [2.75, 3.05) is 5.01 Å². The van der Waals surface area contributed by atoms with Crippen LogP contribution in [0.5, 0.6) is 5.75 Å². The number of carbonyl (C=O) groups excluding carboxylic acids is 1. The van der Waals surface area contributed by atoms with Gasteiger partial charge in [-0.3, -0.25) is 4.79 Å². The fourth-order valence-corrected chi connectivity index (χ4v) is 2.81. The lowest BCUT2D eigenvalue weighted by molar-refractivity contribution is -0.109. The average Bonchev–Trinajstić information content (AvgIpc) is 3.18. The Morgan fingerprint density at radius 1 is 0.962 bits per heavy atom. The molecule has 0 aliphatic carbocycles. The van der Waals surface area contributed by atoms with Crippen molar-refractivity contribution in [2.45, 2.75) is 6.92 Å². The average molecular weight is 344 g/mol. The maximum Gasteiger partial charge on any atom is 0.224 e. The number of rotatable bonds is 3. The van der Waals surface area contributed by atoms with Crippen molar-refractivity contribution < 1.29 is 9.90 Å². The molecule has 0 unspecified atom stereocenters. The summed E-state index contributed by atoms with van der Waals surface area (Å²) in [5.41, 5.74) is 2.83. The highest BCUT2D eigenvalue weighted by molar-refractivity contribution is 6.39. The van der Waals surface area contributed by atoms with E-state index in [0.29, 0.717) is 17.1 Å². The third-order valence-corrected chi connectivity index (χ3v) is 4.11. The third kappa shape index (κ3) is 2.67. The van der Waals surface area contributed by atoms with Crippen LogP contribution >= 0.6 is 0 Å². The van der Waals surface area contributed by atoms with Gasteiger partial charge >= 0.3 is 0 Å². The van der Waals surface area contributed by atoms with Crippen LogP contribution in [0.3, 0.4) is 0 Å². The van der Waals surface area contributed by atoms with Crippen molar-refractivity contribution >= 4 is 23.8 Å². The molecule has 0 amide bonds. The first kappa shape index (κ1) is 15.8. The highest BCUT2D eigenvalue weighted by Gasteiger charge is 2.25. The Bertz CT molecular complexity index is 1020. The van der Waals surface area contributed by atoms with Crippen LogP contribution in [0, 0.1) is 6.92 Å². The van der Waals surface area contributed by atoms with Gasteiger partial charge in [-0.25, -0.2) is 9.69 Å². The number of aryl methyl sites for hydroxylation is 1. The topological polar surface area (TPSA) is 70.7 Å². The maximum absolute atomic E-state index is 12.4. The number of nitrogens with zero attached hydrogens (tertiary/aromatic N) is 4. The van der Waals surface area contributed by atoms with Crippen molar-refractivity contribution in [1.82, 2.24) is 9.78 Å². The summed E-state index contributed by atoms with van der Waals surface area (Å²) >= 11 is 0. The van der Waals surface area contributed by atoms with E-state index in [-0.39, 0.29) is 11.5 Å². The van der Waals surface area contributed by atoms with Crippen LogP contribution in [0.2, 0.25) is 0 Å². The summed E-state index contributed by atoms with van der Waals surface area (Å²) in [7, 11) is 0.